The van der Waals surface area contributed by atoms with E-state index >= 15 is 0 Å². The monoisotopic (exact) mass is 424 g/mol. The number of non-ortho nitro benzene ring substituents is 1. The third kappa shape index (κ3) is 3.01. The Hall–Kier alpha value is -3.55. The van der Waals surface area contributed by atoms with Crippen LogP contribution in [0.25, 0.3) is 6.08 Å². The Morgan fingerprint density at radius 1 is 1.26 bits per heavy atom. The molecule has 0 aliphatic carbocycles. The molecule has 4 rings (SSSR count). The number of carbonyl (C=O) groups excluding carboxylic acids is 1. The van der Waals surface area contributed by atoms with Gasteiger partial charge in [0.2, 0.25) is 5.72 Å². The molecule has 2 aromatic carbocycles. The second kappa shape index (κ2) is 7.30. The van der Waals surface area contributed by atoms with Crippen molar-refractivity contribution in [2.75, 3.05) is 25.2 Å². The van der Waals surface area contributed by atoms with Crippen molar-refractivity contribution in [3.63, 3.8) is 0 Å². The number of nitro groups is 1. The number of para-hydroxylation sites is 1. The fourth-order valence-electron chi connectivity index (χ4n) is 4.46. The molecule has 2 aromatic rings. The van der Waals surface area contributed by atoms with Crippen LogP contribution in [0.4, 0.5) is 11.4 Å². The molecule has 0 aromatic heterocycles. The largest absolute Gasteiger partial charge is 0.493 e. The summed E-state index contributed by atoms with van der Waals surface area (Å²) in [6, 6.07) is 10.6. The number of fused-ring (bicyclic) bond motifs is 2. The molecule has 8 heteroatoms. The molecule has 0 fully saturated rings. The van der Waals surface area contributed by atoms with Crippen LogP contribution in [0.15, 0.2) is 42.5 Å². The van der Waals surface area contributed by atoms with Gasteiger partial charge in [0.1, 0.15) is 6.54 Å². The third-order valence-electron chi connectivity index (χ3n) is 6.00. The summed E-state index contributed by atoms with van der Waals surface area (Å²) in [5, 5.41) is 11.3. The van der Waals surface area contributed by atoms with Gasteiger partial charge in [-0.15, -0.1) is 0 Å². The van der Waals surface area contributed by atoms with E-state index in [1.165, 1.54) is 19.2 Å². The zero-order valence-corrected chi connectivity index (χ0v) is 17.9. The number of rotatable bonds is 5. The van der Waals surface area contributed by atoms with Crippen molar-refractivity contribution in [1.29, 1.82) is 0 Å². The summed E-state index contributed by atoms with van der Waals surface area (Å²) in [4.78, 5) is 25.2. The molecule has 2 aliphatic rings. The van der Waals surface area contributed by atoms with Gasteiger partial charge in [0.25, 0.3) is 5.69 Å². The Labute approximate surface area is 180 Å². The normalized spacial score (nSPS) is 20.1. The number of esters is 1. The first-order valence-corrected chi connectivity index (χ1v) is 10.0. The molecule has 0 unspecified atom stereocenters. The van der Waals surface area contributed by atoms with Crippen molar-refractivity contribution in [3.8, 4) is 11.5 Å². The summed E-state index contributed by atoms with van der Waals surface area (Å²) in [7, 11) is 1.44. The highest BCUT2D eigenvalue weighted by Crippen LogP contribution is 2.56. The van der Waals surface area contributed by atoms with Crippen LogP contribution in [0.5, 0.6) is 11.5 Å². The minimum atomic E-state index is -1.06. The highest BCUT2D eigenvalue weighted by atomic mass is 16.6. The summed E-state index contributed by atoms with van der Waals surface area (Å²) in [5.41, 5.74) is 0.733. The molecular weight excluding hydrogens is 400 g/mol. The van der Waals surface area contributed by atoms with Gasteiger partial charge in [0, 0.05) is 17.3 Å². The van der Waals surface area contributed by atoms with E-state index in [4.69, 9.17) is 14.2 Å². The summed E-state index contributed by atoms with van der Waals surface area (Å²) < 4.78 is 17.3. The molecule has 0 N–H and O–H groups in total. The molecule has 162 valence electrons. The smallest absolute Gasteiger partial charge is 0.325 e. The number of anilines is 1. The van der Waals surface area contributed by atoms with Crippen LogP contribution < -0.4 is 14.4 Å². The van der Waals surface area contributed by atoms with Crippen LogP contribution in [-0.2, 0) is 14.9 Å². The zero-order chi connectivity index (χ0) is 22.4. The molecule has 0 amide bonds. The molecule has 1 atom stereocenters. The number of nitrogens with zero attached hydrogens (tertiary/aromatic N) is 2. The fraction of sp³-hybridized carbons (Fsp3) is 0.348. The Bertz CT molecular complexity index is 1090. The van der Waals surface area contributed by atoms with E-state index in [1.807, 2.05) is 49.1 Å². The van der Waals surface area contributed by atoms with Gasteiger partial charge in [-0.1, -0.05) is 18.2 Å². The maximum atomic E-state index is 12.5. The number of benzene rings is 2. The van der Waals surface area contributed by atoms with E-state index in [-0.39, 0.29) is 30.6 Å². The van der Waals surface area contributed by atoms with Gasteiger partial charge in [-0.3, -0.25) is 14.9 Å². The predicted octanol–water partition coefficient (Wildman–Crippen LogP) is 4.07. The number of methoxy groups -OCH3 is 1. The summed E-state index contributed by atoms with van der Waals surface area (Å²) in [6.07, 6.45) is 3.65. The van der Waals surface area contributed by atoms with Crippen molar-refractivity contribution in [1.82, 2.24) is 0 Å². The van der Waals surface area contributed by atoms with E-state index in [2.05, 4.69) is 0 Å². The standard InChI is InChI=1S/C23H24N2O6/c1-5-30-20(26)14-24-18-9-7-6-8-17(18)22(2,3)23(24)11-10-15-12-16(25(27)28)13-19(29-4)21(15)31-23/h6-13H,5,14H2,1-4H3/t23-/m0/s1. The Kier molecular flexibility index (Phi) is 4.88. The van der Waals surface area contributed by atoms with E-state index in [0.29, 0.717) is 11.3 Å². The maximum Gasteiger partial charge on any atom is 0.325 e. The molecular formula is C23H24N2O6. The summed E-state index contributed by atoms with van der Waals surface area (Å²) in [5.74, 6) is 0.286. The van der Waals surface area contributed by atoms with Crippen molar-refractivity contribution < 1.29 is 23.9 Å². The van der Waals surface area contributed by atoms with Gasteiger partial charge < -0.3 is 19.1 Å². The quantitative estimate of drug-likeness (QED) is 0.406. The van der Waals surface area contributed by atoms with Crippen LogP contribution in [0.3, 0.4) is 0 Å². The van der Waals surface area contributed by atoms with Gasteiger partial charge in [-0.2, -0.15) is 0 Å². The third-order valence-corrected chi connectivity index (χ3v) is 6.00. The van der Waals surface area contributed by atoms with Crippen molar-refractivity contribution in [2.45, 2.75) is 31.9 Å². The number of carbonyl (C=O) groups is 1. The molecule has 1 spiro atoms. The SMILES string of the molecule is CCOC(=O)CN1c2ccccc2C(C)(C)[C@@]12C=Cc1cc([N+](=O)[O-])cc(OC)c1O2. The number of hydrogen-bond donors (Lipinski definition) is 0. The lowest BCUT2D eigenvalue weighted by Crippen LogP contribution is -2.60. The number of nitro benzene ring substituents is 1. The van der Waals surface area contributed by atoms with Crippen LogP contribution in [0, 0.1) is 10.1 Å². The van der Waals surface area contributed by atoms with Gasteiger partial charge in [0.15, 0.2) is 11.5 Å². The molecule has 0 bridgehead atoms. The minimum Gasteiger partial charge on any atom is -0.493 e. The Morgan fingerprint density at radius 2 is 2.00 bits per heavy atom. The molecule has 0 radical (unpaired) electrons. The fourth-order valence-corrected chi connectivity index (χ4v) is 4.46. The van der Waals surface area contributed by atoms with Crippen LogP contribution in [-0.4, -0.2) is 36.9 Å². The number of ether oxygens (including phenoxy) is 3. The number of hydrogen-bond acceptors (Lipinski definition) is 7. The van der Waals surface area contributed by atoms with Crippen molar-refractivity contribution in [2.24, 2.45) is 0 Å². The first-order chi connectivity index (χ1) is 14.7. The average molecular weight is 424 g/mol. The van der Waals surface area contributed by atoms with Crippen molar-refractivity contribution in [3.05, 3.63) is 63.7 Å². The second-order valence-electron chi connectivity index (χ2n) is 7.99. The van der Waals surface area contributed by atoms with Gasteiger partial charge >= 0.3 is 5.97 Å². The van der Waals surface area contributed by atoms with Crippen LogP contribution in [0.2, 0.25) is 0 Å². The molecule has 31 heavy (non-hydrogen) atoms. The first kappa shape index (κ1) is 20.7. The van der Waals surface area contributed by atoms with Crippen LogP contribution >= 0.6 is 0 Å². The first-order valence-electron chi connectivity index (χ1n) is 10.0. The lowest BCUT2D eigenvalue weighted by atomic mass is 9.76. The maximum absolute atomic E-state index is 12.5. The van der Waals surface area contributed by atoms with Gasteiger partial charge in [-0.25, -0.2) is 0 Å². The second-order valence-corrected chi connectivity index (χ2v) is 7.99. The van der Waals surface area contributed by atoms with Gasteiger partial charge in [0.05, 0.1) is 30.1 Å². The molecule has 2 aliphatic heterocycles. The lowest BCUT2D eigenvalue weighted by Gasteiger charge is -2.46. The predicted molar refractivity (Wildman–Crippen MR) is 115 cm³/mol. The van der Waals surface area contributed by atoms with E-state index in [9.17, 15) is 14.9 Å². The summed E-state index contributed by atoms with van der Waals surface area (Å²) in [6.45, 7) is 6.12. The molecule has 2 heterocycles. The Morgan fingerprint density at radius 3 is 2.68 bits per heavy atom. The van der Waals surface area contributed by atoms with Crippen LogP contribution in [0.1, 0.15) is 31.9 Å². The summed E-state index contributed by atoms with van der Waals surface area (Å²) >= 11 is 0. The Balaban J connectivity index is 1.88. The van der Waals surface area contributed by atoms with E-state index in [0.717, 1.165) is 11.3 Å². The lowest BCUT2D eigenvalue weighted by molar-refractivity contribution is -0.385. The topological polar surface area (TPSA) is 91.1 Å². The van der Waals surface area contributed by atoms with Gasteiger partial charge in [-0.05, 0) is 44.6 Å². The molecule has 8 nitrogen and oxygen atoms in total. The zero-order valence-electron chi connectivity index (χ0n) is 17.9. The highest BCUT2D eigenvalue weighted by molar-refractivity contribution is 5.82. The van der Waals surface area contributed by atoms with E-state index < -0.39 is 16.1 Å². The molecule has 0 saturated heterocycles. The minimum absolute atomic E-state index is 0.0107. The molecule has 0 saturated carbocycles. The highest BCUT2D eigenvalue weighted by Gasteiger charge is 2.59. The average Bonchev–Trinajstić information content (AvgIpc) is 2.92. The van der Waals surface area contributed by atoms with Crippen molar-refractivity contribution >= 4 is 23.4 Å². The van der Waals surface area contributed by atoms with E-state index in [1.54, 1.807) is 13.0 Å².